The molecule has 14 heavy (non-hydrogen) atoms. The van der Waals surface area contributed by atoms with E-state index in [1.807, 2.05) is 20.8 Å². The minimum Gasteiger partial charge on any atom is -0.202 e. The second kappa shape index (κ2) is 6.61. The van der Waals surface area contributed by atoms with Gasteiger partial charge < -0.3 is 0 Å². The molecule has 0 aliphatic heterocycles. The van der Waals surface area contributed by atoms with Gasteiger partial charge in [0.1, 0.15) is 0 Å². The van der Waals surface area contributed by atoms with Crippen LogP contribution in [0.15, 0.2) is 0 Å². The minimum absolute atomic E-state index is 0.00518. The first kappa shape index (κ1) is 14.2. The highest BCUT2D eigenvalue weighted by molar-refractivity contribution is 7.87. The summed E-state index contributed by atoms with van der Waals surface area (Å²) >= 11 is 5.71. The average Bonchev–Trinajstić information content (AvgIpc) is 2.04. The van der Waals surface area contributed by atoms with E-state index in [0.717, 1.165) is 0 Å². The third-order valence-electron chi connectivity index (χ3n) is 1.87. The van der Waals surface area contributed by atoms with E-state index in [2.05, 4.69) is 4.72 Å². The van der Waals surface area contributed by atoms with Crippen molar-refractivity contribution < 1.29 is 8.42 Å². The highest BCUT2D eigenvalue weighted by Crippen LogP contribution is 2.00. The van der Waals surface area contributed by atoms with Crippen molar-refractivity contribution in [3.63, 3.8) is 0 Å². The van der Waals surface area contributed by atoms with E-state index >= 15 is 0 Å². The monoisotopic (exact) mass is 242 g/mol. The first-order valence-corrected chi connectivity index (χ1v) is 6.70. The number of nitrogens with one attached hydrogen (secondary N) is 1. The van der Waals surface area contributed by atoms with E-state index < -0.39 is 10.2 Å². The van der Waals surface area contributed by atoms with E-state index in [4.69, 9.17) is 11.6 Å². The van der Waals surface area contributed by atoms with Crippen molar-refractivity contribution in [3.8, 4) is 0 Å². The molecule has 0 aliphatic rings. The Balaban J connectivity index is 4.07. The first-order chi connectivity index (χ1) is 6.44. The Bertz CT molecular complexity index is 238. The molecule has 0 saturated heterocycles. The van der Waals surface area contributed by atoms with Crippen molar-refractivity contribution in [1.29, 1.82) is 0 Å². The van der Waals surface area contributed by atoms with Crippen molar-refractivity contribution in [2.45, 2.75) is 32.6 Å². The minimum atomic E-state index is -3.29. The molecule has 4 nitrogen and oxygen atoms in total. The van der Waals surface area contributed by atoms with E-state index in [0.29, 0.717) is 26.1 Å². The van der Waals surface area contributed by atoms with E-state index in [-0.39, 0.29) is 5.38 Å². The van der Waals surface area contributed by atoms with Crippen LogP contribution >= 0.6 is 11.6 Å². The molecule has 0 spiro atoms. The maximum absolute atomic E-state index is 11.5. The molecule has 0 radical (unpaired) electrons. The van der Waals surface area contributed by atoms with Gasteiger partial charge in [-0.1, -0.05) is 13.8 Å². The molecule has 1 unspecified atom stereocenters. The lowest BCUT2D eigenvalue weighted by Gasteiger charge is -2.18. The van der Waals surface area contributed by atoms with Crippen LogP contribution in [0.25, 0.3) is 0 Å². The summed E-state index contributed by atoms with van der Waals surface area (Å²) in [5, 5.41) is -0.00518. The third-order valence-corrected chi connectivity index (χ3v) is 3.86. The largest absolute Gasteiger partial charge is 0.279 e. The van der Waals surface area contributed by atoms with Crippen LogP contribution < -0.4 is 4.72 Å². The Kier molecular flexibility index (Phi) is 6.68. The SMILES string of the molecule is CCN(CC)S(=O)(=O)NCCC(C)Cl. The summed E-state index contributed by atoms with van der Waals surface area (Å²) in [5.41, 5.74) is 0. The second-order valence-electron chi connectivity index (χ2n) is 3.05. The zero-order valence-corrected chi connectivity index (χ0v) is 10.5. The molecular formula is C8H19ClN2O2S. The Morgan fingerprint density at radius 2 is 1.86 bits per heavy atom. The number of hydrogen-bond donors (Lipinski definition) is 1. The second-order valence-corrected chi connectivity index (χ2v) is 5.55. The molecule has 1 atom stereocenters. The molecule has 6 heteroatoms. The van der Waals surface area contributed by atoms with Gasteiger partial charge in [0.05, 0.1) is 0 Å². The summed E-state index contributed by atoms with van der Waals surface area (Å²) in [6.07, 6.45) is 0.641. The third kappa shape index (κ3) is 5.14. The molecule has 0 rings (SSSR count). The number of nitrogens with zero attached hydrogens (tertiary/aromatic N) is 1. The van der Waals surface area contributed by atoms with Gasteiger partial charge in [-0.15, -0.1) is 11.6 Å². The topological polar surface area (TPSA) is 49.4 Å². The van der Waals surface area contributed by atoms with Crippen LogP contribution in [0.2, 0.25) is 0 Å². The summed E-state index contributed by atoms with van der Waals surface area (Å²) in [5.74, 6) is 0. The Morgan fingerprint density at radius 3 is 2.21 bits per heavy atom. The van der Waals surface area contributed by atoms with Gasteiger partial charge in [-0.25, -0.2) is 4.72 Å². The van der Waals surface area contributed by atoms with Crippen molar-refractivity contribution >= 4 is 21.8 Å². The summed E-state index contributed by atoms with van der Waals surface area (Å²) in [6, 6.07) is 0. The highest BCUT2D eigenvalue weighted by Gasteiger charge is 2.17. The molecule has 0 aromatic rings. The smallest absolute Gasteiger partial charge is 0.202 e. The number of halogens is 1. The molecule has 1 N–H and O–H groups in total. The summed E-state index contributed by atoms with van der Waals surface area (Å²) in [6.45, 7) is 6.83. The van der Waals surface area contributed by atoms with Crippen LogP contribution in [-0.2, 0) is 10.2 Å². The van der Waals surface area contributed by atoms with Gasteiger partial charge in [0.2, 0.25) is 0 Å². The fourth-order valence-corrected chi connectivity index (χ4v) is 2.39. The molecular weight excluding hydrogens is 224 g/mol. The molecule has 0 saturated carbocycles. The maximum Gasteiger partial charge on any atom is 0.279 e. The van der Waals surface area contributed by atoms with Crippen LogP contribution in [0.3, 0.4) is 0 Å². The summed E-state index contributed by atoms with van der Waals surface area (Å²) < 4.78 is 27.0. The number of rotatable bonds is 7. The van der Waals surface area contributed by atoms with Crippen LogP contribution in [0, 0.1) is 0 Å². The summed E-state index contributed by atoms with van der Waals surface area (Å²) in [7, 11) is -3.29. The van der Waals surface area contributed by atoms with E-state index in [9.17, 15) is 8.42 Å². The van der Waals surface area contributed by atoms with Crippen molar-refractivity contribution in [1.82, 2.24) is 9.03 Å². The van der Waals surface area contributed by atoms with E-state index in [1.165, 1.54) is 4.31 Å². The van der Waals surface area contributed by atoms with Crippen LogP contribution in [0.5, 0.6) is 0 Å². The highest BCUT2D eigenvalue weighted by atomic mass is 35.5. The summed E-state index contributed by atoms with van der Waals surface area (Å²) in [4.78, 5) is 0. The van der Waals surface area contributed by atoms with Crippen molar-refractivity contribution in [3.05, 3.63) is 0 Å². The van der Waals surface area contributed by atoms with Gasteiger partial charge in [0.15, 0.2) is 0 Å². The Morgan fingerprint density at radius 1 is 1.36 bits per heavy atom. The van der Waals surface area contributed by atoms with Gasteiger partial charge in [-0.05, 0) is 13.3 Å². The van der Waals surface area contributed by atoms with E-state index in [1.54, 1.807) is 0 Å². The van der Waals surface area contributed by atoms with Crippen LogP contribution in [0.1, 0.15) is 27.2 Å². The Labute approximate surface area is 91.8 Å². The molecule has 0 aromatic heterocycles. The van der Waals surface area contributed by atoms with Gasteiger partial charge in [0, 0.05) is 25.0 Å². The lowest BCUT2D eigenvalue weighted by molar-refractivity contribution is 0.434. The molecule has 0 amide bonds. The molecule has 0 aromatic carbocycles. The Hall–Kier alpha value is 0.160. The molecule has 0 bridgehead atoms. The number of alkyl halides is 1. The lowest BCUT2D eigenvalue weighted by Crippen LogP contribution is -2.41. The average molecular weight is 243 g/mol. The van der Waals surface area contributed by atoms with Crippen molar-refractivity contribution in [2.24, 2.45) is 0 Å². The fraction of sp³-hybridized carbons (Fsp3) is 1.00. The van der Waals surface area contributed by atoms with Gasteiger partial charge in [-0.2, -0.15) is 12.7 Å². The van der Waals surface area contributed by atoms with Gasteiger partial charge in [-0.3, -0.25) is 0 Å². The molecule has 0 heterocycles. The van der Waals surface area contributed by atoms with Crippen LogP contribution in [0.4, 0.5) is 0 Å². The van der Waals surface area contributed by atoms with Crippen LogP contribution in [-0.4, -0.2) is 37.7 Å². The standard InChI is InChI=1S/C8H19ClN2O2S/c1-4-11(5-2)14(12,13)10-7-6-8(3)9/h8,10H,4-7H2,1-3H3. The zero-order valence-electron chi connectivity index (χ0n) is 8.96. The van der Waals surface area contributed by atoms with Gasteiger partial charge >= 0.3 is 0 Å². The zero-order chi connectivity index (χ0) is 11.2. The molecule has 0 aliphatic carbocycles. The lowest BCUT2D eigenvalue weighted by atomic mass is 10.3. The fourth-order valence-electron chi connectivity index (χ4n) is 1.04. The van der Waals surface area contributed by atoms with Crippen molar-refractivity contribution in [2.75, 3.05) is 19.6 Å². The predicted molar refractivity (Wildman–Crippen MR) is 59.8 cm³/mol. The number of hydrogen-bond acceptors (Lipinski definition) is 2. The molecule has 0 fully saturated rings. The quantitative estimate of drug-likeness (QED) is 0.682. The van der Waals surface area contributed by atoms with Gasteiger partial charge in [0.25, 0.3) is 10.2 Å². The maximum atomic E-state index is 11.5. The normalized spacial score (nSPS) is 14.6. The predicted octanol–water partition coefficient (Wildman–Crippen LogP) is 1.18. The first-order valence-electron chi connectivity index (χ1n) is 4.82. The molecule has 86 valence electrons.